The van der Waals surface area contributed by atoms with Crippen molar-refractivity contribution in [1.82, 2.24) is 5.32 Å². The monoisotopic (exact) mass is 429 g/mol. The molecule has 2 fully saturated rings. The molecule has 1 aromatic carbocycles. The molecule has 2 saturated heterocycles. The number of rotatable bonds is 10. The van der Waals surface area contributed by atoms with Crippen LogP contribution in [0.4, 0.5) is 11.4 Å². The van der Waals surface area contributed by atoms with Crippen LogP contribution < -0.4 is 15.5 Å². The number of unbranched alkanes of at least 4 members (excludes halogenated alkanes) is 1. The van der Waals surface area contributed by atoms with Gasteiger partial charge in [0, 0.05) is 43.5 Å². The van der Waals surface area contributed by atoms with E-state index in [1.807, 2.05) is 18.2 Å². The molecule has 2 aliphatic heterocycles. The van der Waals surface area contributed by atoms with Crippen LogP contribution in [0.2, 0.25) is 0 Å². The zero-order valence-electron chi connectivity index (χ0n) is 19.3. The number of amides is 2. The lowest BCUT2D eigenvalue weighted by atomic mass is 9.98. The summed E-state index contributed by atoms with van der Waals surface area (Å²) in [6, 6.07) is 5.78. The summed E-state index contributed by atoms with van der Waals surface area (Å²) in [4.78, 5) is 28.2. The fraction of sp³-hybridized carbons (Fsp3) is 0.680. The first-order valence-electron chi connectivity index (χ1n) is 12.2. The molecule has 2 unspecified atom stereocenters. The SMILES string of the molecule is CCCCC(CC)C(=O)Nc1ccc(N2CCCCC2)c(C(=O)NCC2CCCO2)c1. The first-order valence-corrected chi connectivity index (χ1v) is 12.2. The van der Waals surface area contributed by atoms with E-state index in [1.165, 1.54) is 6.42 Å². The second-order valence-corrected chi connectivity index (χ2v) is 8.86. The van der Waals surface area contributed by atoms with Crippen LogP contribution in [-0.2, 0) is 9.53 Å². The lowest BCUT2D eigenvalue weighted by Crippen LogP contribution is -2.35. The molecule has 172 valence electrons. The topological polar surface area (TPSA) is 70.7 Å². The Morgan fingerprint density at radius 2 is 1.97 bits per heavy atom. The summed E-state index contributed by atoms with van der Waals surface area (Å²) >= 11 is 0. The van der Waals surface area contributed by atoms with Gasteiger partial charge in [0.15, 0.2) is 0 Å². The molecule has 2 heterocycles. The highest BCUT2D eigenvalue weighted by atomic mass is 16.5. The highest BCUT2D eigenvalue weighted by molar-refractivity contribution is 6.02. The van der Waals surface area contributed by atoms with Crippen LogP contribution in [0, 0.1) is 5.92 Å². The van der Waals surface area contributed by atoms with E-state index in [2.05, 4.69) is 29.4 Å². The van der Waals surface area contributed by atoms with E-state index in [4.69, 9.17) is 4.74 Å². The zero-order chi connectivity index (χ0) is 22.1. The summed E-state index contributed by atoms with van der Waals surface area (Å²) < 4.78 is 5.65. The van der Waals surface area contributed by atoms with Gasteiger partial charge in [-0.15, -0.1) is 0 Å². The maximum atomic E-state index is 13.1. The predicted molar refractivity (Wildman–Crippen MR) is 126 cm³/mol. The Bertz CT molecular complexity index is 725. The van der Waals surface area contributed by atoms with E-state index in [-0.39, 0.29) is 23.8 Å². The molecule has 0 aromatic heterocycles. The third-order valence-corrected chi connectivity index (χ3v) is 6.49. The van der Waals surface area contributed by atoms with Gasteiger partial charge >= 0.3 is 0 Å². The molecular weight excluding hydrogens is 390 g/mol. The normalized spacial score (nSPS) is 19.8. The minimum Gasteiger partial charge on any atom is -0.376 e. The molecule has 0 aliphatic carbocycles. The van der Waals surface area contributed by atoms with Crippen molar-refractivity contribution >= 4 is 23.2 Å². The molecule has 2 amide bonds. The minimum absolute atomic E-state index is 0.0125. The largest absolute Gasteiger partial charge is 0.376 e. The number of nitrogens with zero attached hydrogens (tertiary/aromatic N) is 1. The number of anilines is 2. The maximum absolute atomic E-state index is 13.1. The van der Waals surface area contributed by atoms with Crippen molar-refractivity contribution in [2.45, 2.75) is 77.7 Å². The summed E-state index contributed by atoms with van der Waals surface area (Å²) in [6.45, 7) is 7.44. The van der Waals surface area contributed by atoms with E-state index in [9.17, 15) is 9.59 Å². The average molecular weight is 430 g/mol. The standard InChI is InChI=1S/C25H39N3O3/c1-3-5-10-19(4-2)24(29)27-20-12-13-23(28-14-7-6-8-15-28)22(17-20)25(30)26-18-21-11-9-16-31-21/h12-13,17,19,21H,3-11,14-16,18H2,1-2H3,(H,26,30)(H,27,29). The summed E-state index contributed by atoms with van der Waals surface area (Å²) in [5, 5.41) is 6.12. The van der Waals surface area contributed by atoms with E-state index in [1.54, 1.807) is 0 Å². The predicted octanol–water partition coefficient (Wildman–Crippen LogP) is 4.74. The molecule has 2 aliphatic rings. The lowest BCUT2D eigenvalue weighted by Gasteiger charge is -2.30. The smallest absolute Gasteiger partial charge is 0.253 e. The van der Waals surface area contributed by atoms with Gasteiger partial charge in [-0.3, -0.25) is 9.59 Å². The van der Waals surface area contributed by atoms with Crippen LogP contribution in [0.15, 0.2) is 18.2 Å². The molecule has 0 bridgehead atoms. The number of carbonyl (C=O) groups is 2. The maximum Gasteiger partial charge on any atom is 0.253 e. The number of piperidine rings is 1. The number of hydrogen-bond donors (Lipinski definition) is 2. The van der Waals surface area contributed by atoms with Crippen LogP contribution in [0.3, 0.4) is 0 Å². The van der Waals surface area contributed by atoms with Crippen molar-refractivity contribution in [3.8, 4) is 0 Å². The van der Waals surface area contributed by atoms with Crippen molar-refractivity contribution in [3.63, 3.8) is 0 Å². The van der Waals surface area contributed by atoms with Gasteiger partial charge in [-0.2, -0.15) is 0 Å². The minimum atomic E-state index is -0.0924. The average Bonchev–Trinajstić information content (AvgIpc) is 3.32. The Balaban J connectivity index is 1.75. The number of nitrogens with one attached hydrogen (secondary N) is 2. The van der Waals surface area contributed by atoms with Crippen LogP contribution in [0.1, 0.15) is 82.0 Å². The van der Waals surface area contributed by atoms with Gasteiger partial charge in [-0.05, 0) is 63.1 Å². The van der Waals surface area contributed by atoms with Gasteiger partial charge in [-0.25, -0.2) is 0 Å². The number of benzene rings is 1. The third-order valence-electron chi connectivity index (χ3n) is 6.49. The van der Waals surface area contributed by atoms with Gasteiger partial charge in [-0.1, -0.05) is 26.7 Å². The van der Waals surface area contributed by atoms with Crippen molar-refractivity contribution in [1.29, 1.82) is 0 Å². The molecule has 0 radical (unpaired) electrons. The van der Waals surface area contributed by atoms with Crippen LogP contribution in [0.25, 0.3) is 0 Å². The van der Waals surface area contributed by atoms with Crippen molar-refractivity contribution in [2.75, 3.05) is 36.5 Å². The Morgan fingerprint density at radius 3 is 2.65 bits per heavy atom. The van der Waals surface area contributed by atoms with Crippen LogP contribution in [0.5, 0.6) is 0 Å². The molecule has 2 N–H and O–H groups in total. The zero-order valence-corrected chi connectivity index (χ0v) is 19.3. The summed E-state index contributed by atoms with van der Waals surface area (Å²) in [7, 11) is 0. The van der Waals surface area contributed by atoms with E-state index in [0.29, 0.717) is 17.8 Å². The Hall–Kier alpha value is -2.08. The van der Waals surface area contributed by atoms with Crippen LogP contribution in [-0.4, -0.2) is 44.2 Å². The Morgan fingerprint density at radius 1 is 1.16 bits per heavy atom. The second-order valence-electron chi connectivity index (χ2n) is 8.86. The first-order chi connectivity index (χ1) is 15.1. The van der Waals surface area contributed by atoms with Crippen molar-refractivity contribution in [3.05, 3.63) is 23.8 Å². The second kappa shape index (κ2) is 12.1. The van der Waals surface area contributed by atoms with E-state index >= 15 is 0 Å². The van der Waals surface area contributed by atoms with Gasteiger partial charge in [0.2, 0.25) is 5.91 Å². The van der Waals surface area contributed by atoms with Crippen LogP contribution >= 0.6 is 0 Å². The number of ether oxygens (including phenoxy) is 1. The highest BCUT2D eigenvalue weighted by Crippen LogP contribution is 2.28. The number of hydrogen-bond acceptors (Lipinski definition) is 4. The van der Waals surface area contributed by atoms with E-state index < -0.39 is 0 Å². The summed E-state index contributed by atoms with van der Waals surface area (Å²) in [5.74, 6) is -0.0314. The Kier molecular flexibility index (Phi) is 9.19. The quantitative estimate of drug-likeness (QED) is 0.564. The molecule has 6 heteroatoms. The van der Waals surface area contributed by atoms with Gasteiger partial charge in [0.25, 0.3) is 5.91 Å². The highest BCUT2D eigenvalue weighted by Gasteiger charge is 2.23. The summed E-state index contributed by atoms with van der Waals surface area (Å²) in [5.41, 5.74) is 2.29. The Labute approximate surface area is 187 Å². The van der Waals surface area contributed by atoms with Gasteiger partial charge < -0.3 is 20.3 Å². The first kappa shape index (κ1) is 23.6. The third kappa shape index (κ3) is 6.70. The number of carbonyl (C=O) groups excluding carboxylic acids is 2. The molecule has 1 aromatic rings. The van der Waals surface area contributed by atoms with Crippen molar-refractivity contribution < 1.29 is 14.3 Å². The summed E-state index contributed by atoms with van der Waals surface area (Å²) in [6.07, 6.45) is 9.54. The molecular formula is C25H39N3O3. The lowest BCUT2D eigenvalue weighted by molar-refractivity contribution is -0.120. The molecule has 0 spiro atoms. The fourth-order valence-electron chi connectivity index (χ4n) is 4.53. The van der Waals surface area contributed by atoms with Crippen molar-refractivity contribution in [2.24, 2.45) is 5.92 Å². The van der Waals surface area contributed by atoms with Gasteiger partial charge in [0.1, 0.15) is 0 Å². The molecule has 31 heavy (non-hydrogen) atoms. The molecule has 6 nitrogen and oxygen atoms in total. The molecule has 2 atom stereocenters. The fourth-order valence-corrected chi connectivity index (χ4v) is 4.53. The van der Waals surface area contributed by atoms with Gasteiger partial charge in [0.05, 0.1) is 11.7 Å². The molecule has 0 saturated carbocycles. The van der Waals surface area contributed by atoms with E-state index in [0.717, 1.165) is 76.8 Å². The molecule has 3 rings (SSSR count).